The molecule has 0 aromatic rings. The maximum Gasteiger partial charge on any atom is 0.0756 e. The Morgan fingerprint density at radius 1 is 1.30 bits per heavy atom. The molecule has 1 heterocycles. The normalized spacial score (nSPS) is 37.8. The molecule has 2 atom stereocenters. The van der Waals surface area contributed by atoms with E-state index in [0.717, 1.165) is 11.8 Å². The molecule has 1 saturated heterocycles. The van der Waals surface area contributed by atoms with Crippen LogP contribution in [-0.4, -0.2) is 36.6 Å². The van der Waals surface area contributed by atoms with E-state index >= 15 is 0 Å². The van der Waals surface area contributed by atoms with Crippen molar-refractivity contribution >= 4 is 19.0 Å². The zero-order chi connectivity index (χ0) is 7.56. The molecule has 0 aromatic heterocycles. The van der Waals surface area contributed by atoms with Gasteiger partial charge in [-0.25, -0.2) is 0 Å². The lowest BCUT2D eigenvalue weighted by Crippen LogP contribution is -2.41. The molecule has 2 unspecified atom stereocenters. The van der Waals surface area contributed by atoms with E-state index in [0.29, 0.717) is 0 Å². The molecule has 1 aliphatic rings. The summed E-state index contributed by atoms with van der Waals surface area (Å²) in [6.07, 6.45) is 1.46. The van der Waals surface area contributed by atoms with Crippen LogP contribution in [0.4, 0.5) is 0 Å². The van der Waals surface area contributed by atoms with Crippen LogP contribution in [0.15, 0.2) is 0 Å². The van der Waals surface area contributed by atoms with E-state index in [1.54, 1.807) is 0 Å². The fourth-order valence-electron chi connectivity index (χ4n) is 2.05. The van der Waals surface area contributed by atoms with Crippen molar-refractivity contribution in [3.8, 4) is 0 Å². The minimum absolute atomic E-state index is 0.277. The SMILES string of the molecule is CC1CC(C)CN([SiH2][SiH3])C1. The molecule has 1 aliphatic heterocycles. The molecule has 1 fully saturated rings. The third kappa shape index (κ3) is 2.21. The van der Waals surface area contributed by atoms with E-state index in [2.05, 4.69) is 18.4 Å². The molecule has 60 valence electrons. The van der Waals surface area contributed by atoms with Gasteiger partial charge < -0.3 is 4.57 Å². The summed E-state index contributed by atoms with van der Waals surface area (Å²) in [6.45, 7) is 7.63. The molecule has 0 N–H and O–H groups in total. The predicted molar refractivity (Wildman–Crippen MR) is 53.0 cm³/mol. The van der Waals surface area contributed by atoms with Gasteiger partial charge in [-0.3, -0.25) is 0 Å². The van der Waals surface area contributed by atoms with Crippen LogP contribution >= 0.6 is 0 Å². The third-order valence-electron chi connectivity index (χ3n) is 2.39. The molecular formula is C7H19NSi2. The number of hydrogen-bond donors (Lipinski definition) is 0. The average Bonchev–Trinajstić information content (AvgIpc) is 1.85. The van der Waals surface area contributed by atoms with Gasteiger partial charge in [0.2, 0.25) is 0 Å². The second-order valence-corrected chi connectivity index (χ2v) is 7.22. The Kier molecular flexibility index (Phi) is 3.13. The number of hydrogen-bond acceptors (Lipinski definition) is 1. The maximum absolute atomic E-state index is 2.76. The first-order chi connectivity index (χ1) is 4.72. The number of rotatable bonds is 1. The summed E-state index contributed by atoms with van der Waals surface area (Å²) >= 11 is 0. The van der Waals surface area contributed by atoms with Crippen molar-refractivity contribution in [2.24, 2.45) is 11.8 Å². The van der Waals surface area contributed by atoms with Crippen molar-refractivity contribution in [3.05, 3.63) is 0 Å². The first kappa shape index (κ1) is 8.49. The first-order valence-electron chi connectivity index (χ1n) is 4.44. The predicted octanol–water partition coefficient (Wildman–Crippen LogP) is -0.671. The molecule has 1 rings (SSSR count). The lowest BCUT2D eigenvalue weighted by atomic mass is 9.94. The Morgan fingerprint density at radius 3 is 2.20 bits per heavy atom. The Balaban J connectivity index is 2.35. The van der Waals surface area contributed by atoms with Gasteiger partial charge in [-0.05, 0) is 31.3 Å². The van der Waals surface area contributed by atoms with Gasteiger partial charge in [0, 0.05) is 9.76 Å². The summed E-state index contributed by atoms with van der Waals surface area (Å²) in [7, 11) is 1.75. The lowest BCUT2D eigenvalue weighted by molar-refractivity contribution is 0.227. The molecule has 0 radical (unpaired) electrons. The fraction of sp³-hybridized carbons (Fsp3) is 1.00. The molecule has 0 amide bonds. The van der Waals surface area contributed by atoms with Crippen LogP contribution in [0.5, 0.6) is 0 Å². The van der Waals surface area contributed by atoms with Crippen molar-refractivity contribution in [2.75, 3.05) is 13.1 Å². The molecule has 0 aromatic carbocycles. The standard InChI is InChI=1S/C7H19NSi2/c1-6-3-7(2)5-8(4-6)10-9/h6-7H,3-5,10H2,1-2,9H3. The second-order valence-electron chi connectivity index (χ2n) is 3.80. The zero-order valence-electron chi connectivity index (χ0n) is 7.43. The Bertz CT molecular complexity index is 97.8. The van der Waals surface area contributed by atoms with Gasteiger partial charge in [-0.15, -0.1) is 0 Å². The van der Waals surface area contributed by atoms with Gasteiger partial charge in [0.15, 0.2) is 0 Å². The highest BCUT2D eigenvalue weighted by molar-refractivity contribution is 6.87. The van der Waals surface area contributed by atoms with Crippen LogP contribution in [0.1, 0.15) is 20.3 Å². The van der Waals surface area contributed by atoms with Crippen molar-refractivity contribution in [1.29, 1.82) is 0 Å². The van der Waals surface area contributed by atoms with Gasteiger partial charge in [0.05, 0.1) is 9.20 Å². The van der Waals surface area contributed by atoms with Crippen LogP contribution in [0.25, 0.3) is 0 Å². The summed E-state index contributed by atoms with van der Waals surface area (Å²) < 4.78 is 2.76. The monoisotopic (exact) mass is 173 g/mol. The Hall–Kier alpha value is 0.394. The second kappa shape index (κ2) is 3.69. The largest absolute Gasteiger partial charge is 0.332 e. The number of piperidine rings is 1. The highest BCUT2D eigenvalue weighted by Gasteiger charge is 2.19. The van der Waals surface area contributed by atoms with E-state index in [9.17, 15) is 0 Å². The van der Waals surface area contributed by atoms with Crippen molar-refractivity contribution in [1.82, 2.24) is 4.57 Å². The van der Waals surface area contributed by atoms with Gasteiger partial charge in [0.1, 0.15) is 0 Å². The lowest BCUT2D eigenvalue weighted by Gasteiger charge is -2.34. The highest BCUT2D eigenvalue weighted by atomic mass is 29.1. The minimum atomic E-state index is 0.277. The van der Waals surface area contributed by atoms with Crippen molar-refractivity contribution in [2.45, 2.75) is 20.3 Å². The molecule has 3 heteroatoms. The summed E-state index contributed by atoms with van der Waals surface area (Å²) in [5, 5.41) is 0. The van der Waals surface area contributed by atoms with Crippen LogP contribution in [0.3, 0.4) is 0 Å². The molecule has 0 bridgehead atoms. The molecule has 10 heavy (non-hydrogen) atoms. The summed E-state index contributed by atoms with van der Waals surface area (Å²) in [4.78, 5) is 0. The van der Waals surface area contributed by atoms with E-state index < -0.39 is 0 Å². The average molecular weight is 173 g/mol. The maximum atomic E-state index is 2.76. The smallest absolute Gasteiger partial charge is 0.0756 e. The van der Waals surface area contributed by atoms with E-state index in [1.165, 1.54) is 29.3 Å². The fourth-order valence-corrected chi connectivity index (χ4v) is 5.00. The third-order valence-corrected chi connectivity index (χ3v) is 6.49. The highest BCUT2D eigenvalue weighted by Crippen LogP contribution is 2.19. The molecule has 1 nitrogen and oxygen atoms in total. The van der Waals surface area contributed by atoms with Crippen molar-refractivity contribution in [3.63, 3.8) is 0 Å². The summed E-state index contributed by atoms with van der Waals surface area (Å²) in [6, 6.07) is 0. The van der Waals surface area contributed by atoms with Crippen LogP contribution in [0, 0.1) is 11.8 Å². The first-order valence-corrected chi connectivity index (χ1v) is 10.7. The van der Waals surface area contributed by atoms with E-state index in [1.807, 2.05) is 0 Å². The molecule has 0 saturated carbocycles. The summed E-state index contributed by atoms with van der Waals surface area (Å²) in [5.41, 5.74) is 0. The summed E-state index contributed by atoms with van der Waals surface area (Å²) in [5.74, 6) is 1.95. The van der Waals surface area contributed by atoms with Gasteiger partial charge >= 0.3 is 0 Å². The van der Waals surface area contributed by atoms with Crippen LogP contribution < -0.4 is 0 Å². The van der Waals surface area contributed by atoms with Gasteiger partial charge in [-0.2, -0.15) is 0 Å². The number of nitrogens with zero attached hydrogens (tertiary/aromatic N) is 1. The molecule has 0 aliphatic carbocycles. The van der Waals surface area contributed by atoms with Crippen molar-refractivity contribution < 1.29 is 0 Å². The molecule has 0 spiro atoms. The van der Waals surface area contributed by atoms with E-state index in [4.69, 9.17) is 0 Å². The van der Waals surface area contributed by atoms with Gasteiger partial charge in [-0.1, -0.05) is 13.8 Å². The topological polar surface area (TPSA) is 3.24 Å². The van der Waals surface area contributed by atoms with Crippen LogP contribution in [-0.2, 0) is 0 Å². The molecular weight excluding hydrogens is 154 g/mol. The Morgan fingerprint density at radius 2 is 1.80 bits per heavy atom. The Labute approximate surface area is 69.3 Å². The van der Waals surface area contributed by atoms with E-state index in [-0.39, 0.29) is 9.20 Å². The zero-order valence-corrected chi connectivity index (χ0v) is 10.8. The van der Waals surface area contributed by atoms with Crippen LogP contribution in [0.2, 0.25) is 0 Å². The van der Waals surface area contributed by atoms with Gasteiger partial charge in [0.25, 0.3) is 0 Å². The minimum Gasteiger partial charge on any atom is -0.332 e. The quantitative estimate of drug-likeness (QED) is 0.476.